The highest BCUT2D eigenvalue weighted by Crippen LogP contribution is 2.50. The molecule has 1 saturated carbocycles. The van der Waals surface area contributed by atoms with Crippen LogP contribution in [0.4, 0.5) is 0 Å². The van der Waals surface area contributed by atoms with Crippen molar-refractivity contribution in [2.45, 2.75) is 57.4 Å². The number of nitrogens with one attached hydrogen (secondary N) is 1. The molecule has 0 aliphatic heterocycles. The topological polar surface area (TPSA) is 84.6 Å². The third-order valence-electron chi connectivity index (χ3n) is 5.73. The van der Waals surface area contributed by atoms with Crippen LogP contribution in [0.15, 0.2) is 24.3 Å². The molecule has 4 N–H and O–H groups in total. The van der Waals surface area contributed by atoms with Crippen molar-refractivity contribution in [1.82, 2.24) is 5.32 Å². The van der Waals surface area contributed by atoms with Crippen LogP contribution in [0.2, 0.25) is 0 Å². The van der Waals surface area contributed by atoms with Crippen molar-refractivity contribution in [2.24, 2.45) is 11.1 Å². The van der Waals surface area contributed by atoms with Gasteiger partial charge >= 0.3 is 0 Å². The van der Waals surface area contributed by atoms with Crippen molar-refractivity contribution in [3.63, 3.8) is 0 Å². The number of aliphatic hydroxyl groups is 1. The second kappa shape index (κ2) is 5.58. The maximum Gasteiger partial charge on any atom is 0.241 e. The molecule has 3 rings (SSSR count). The Labute approximate surface area is 137 Å². The monoisotopic (exact) mass is 318 g/mol. The average molecular weight is 318 g/mol. The lowest BCUT2D eigenvalue weighted by Crippen LogP contribution is -2.76. The van der Waals surface area contributed by atoms with Gasteiger partial charge in [0.2, 0.25) is 5.91 Å². The smallest absolute Gasteiger partial charge is 0.241 e. The average Bonchev–Trinajstić information content (AvgIpc) is 2.83. The summed E-state index contributed by atoms with van der Waals surface area (Å²) in [6.07, 6.45) is 0.447. The number of rotatable bonds is 4. The summed E-state index contributed by atoms with van der Waals surface area (Å²) in [5, 5.41) is 13.3. The van der Waals surface area contributed by atoms with Gasteiger partial charge in [0, 0.05) is 24.9 Å². The standard InChI is InChI=1S/C18H26N2O3/c1-4-23-14-10-18(19,17(14,2)3)16(22)20-15-12-8-6-5-7-11(12)9-13(15)21/h5-8,13-15,21H,4,9-10,19H2,1-3H3,(H,20,22)/t13-,14?,15+,18?/m1/s1. The number of ether oxygens (including phenoxy) is 1. The van der Waals surface area contributed by atoms with Gasteiger partial charge in [0.25, 0.3) is 0 Å². The third kappa shape index (κ3) is 2.38. The van der Waals surface area contributed by atoms with Crippen molar-refractivity contribution in [2.75, 3.05) is 6.61 Å². The summed E-state index contributed by atoms with van der Waals surface area (Å²) in [6, 6.07) is 7.42. The summed E-state index contributed by atoms with van der Waals surface area (Å²) in [4.78, 5) is 12.8. The van der Waals surface area contributed by atoms with Gasteiger partial charge in [0.1, 0.15) is 5.54 Å². The Morgan fingerprint density at radius 1 is 1.43 bits per heavy atom. The van der Waals surface area contributed by atoms with Crippen LogP contribution in [-0.4, -0.2) is 35.4 Å². The number of amides is 1. The first-order valence-corrected chi connectivity index (χ1v) is 8.28. The molecule has 0 bridgehead atoms. The van der Waals surface area contributed by atoms with E-state index in [0.29, 0.717) is 19.4 Å². The number of nitrogens with two attached hydrogens (primary N) is 1. The summed E-state index contributed by atoms with van der Waals surface area (Å²) in [5.74, 6) is -0.209. The molecule has 0 spiro atoms. The number of hydrogen-bond donors (Lipinski definition) is 3. The van der Waals surface area contributed by atoms with Gasteiger partial charge in [0.15, 0.2) is 0 Å². The summed E-state index contributed by atoms with van der Waals surface area (Å²) in [6.45, 7) is 6.49. The van der Waals surface area contributed by atoms with E-state index >= 15 is 0 Å². The number of carbonyl (C=O) groups is 1. The van der Waals surface area contributed by atoms with E-state index in [9.17, 15) is 9.90 Å². The van der Waals surface area contributed by atoms with Crippen LogP contribution < -0.4 is 11.1 Å². The van der Waals surface area contributed by atoms with Crippen molar-refractivity contribution < 1.29 is 14.6 Å². The van der Waals surface area contributed by atoms with Crippen LogP contribution in [0.25, 0.3) is 0 Å². The number of carbonyl (C=O) groups excluding carboxylic acids is 1. The minimum atomic E-state index is -0.968. The SMILES string of the molecule is CCOC1CC(N)(C(=O)N[C@H]2c3ccccc3C[C@H]2O)C1(C)C. The summed E-state index contributed by atoms with van der Waals surface area (Å²) in [5.41, 5.74) is 7.07. The van der Waals surface area contributed by atoms with E-state index in [1.807, 2.05) is 45.0 Å². The molecule has 0 radical (unpaired) electrons. The van der Waals surface area contributed by atoms with Crippen LogP contribution in [0.1, 0.15) is 44.4 Å². The Morgan fingerprint density at radius 3 is 2.78 bits per heavy atom. The highest BCUT2D eigenvalue weighted by atomic mass is 16.5. The molecule has 2 unspecified atom stereocenters. The fourth-order valence-electron chi connectivity index (χ4n) is 3.84. The zero-order chi connectivity index (χ0) is 16.8. The lowest BCUT2D eigenvalue weighted by atomic mass is 9.54. The summed E-state index contributed by atoms with van der Waals surface area (Å²) in [7, 11) is 0. The van der Waals surface area contributed by atoms with Gasteiger partial charge in [0.05, 0.1) is 18.2 Å². The maximum absolute atomic E-state index is 12.8. The van der Waals surface area contributed by atoms with Gasteiger partial charge in [-0.25, -0.2) is 0 Å². The lowest BCUT2D eigenvalue weighted by molar-refractivity contribution is -0.171. The van der Waals surface area contributed by atoms with Crippen molar-refractivity contribution in [3.05, 3.63) is 35.4 Å². The van der Waals surface area contributed by atoms with Gasteiger partial charge in [-0.15, -0.1) is 0 Å². The second-order valence-corrected chi connectivity index (χ2v) is 7.26. The first kappa shape index (κ1) is 16.4. The number of aliphatic hydroxyl groups excluding tert-OH is 1. The van der Waals surface area contributed by atoms with Crippen molar-refractivity contribution in [1.29, 1.82) is 0 Å². The second-order valence-electron chi connectivity index (χ2n) is 7.26. The molecule has 1 amide bonds. The first-order valence-electron chi connectivity index (χ1n) is 8.28. The van der Waals surface area contributed by atoms with E-state index < -0.39 is 17.1 Å². The van der Waals surface area contributed by atoms with E-state index in [4.69, 9.17) is 10.5 Å². The van der Waals surface area contributed by atoms with Gasteiger partial charge in [-0.05, 0) is 18.1 Å². The number of fused-ring (bicyclic) bond motifs is 1. The lowest BCUT2D eigenvalue weighted by Gasteiger charge is -2.57. The normalized spacial score (nSPS) is 34.6. The molecule has 1 fully saturated rings. The van der Waals surface area contributed by atoms with Crippen molar-refractivity contribution >= 4 is 5.91 Å². The minimum Gasteiger partial charge on any atom is -0.390 e. The van der Waals surface area contributed by atoms with E-state index in [1.54, 1.807) is 0 Å². The molecule has 2 aliphatic carbocycles. The van der Waals surface area contributed by atoms with E-state index in [1.165, 1.54) is 0 Å². The Bertz CT molecular complexity index is 616. The highest BCUT2D eigenvalue weighted by Gasteiger charge is 2.63. The molecular weight excluding hydrogens is 292 g/mol. The van der Waals surface area contributed by atoms with Crippen molar-refractivity contribution in [3.8, 4) is 0 Å². The zero-order valence-corrected chi connectivity index (χ0v) is 14.0. The molecule has 1 aromatic rings. The van der Waals surface area contributed by atoms with Gasteiger partial charge in [-0.3, -0.25) is 4.79 Å². The van der Waals surface area contributed by atoms with Crippen LogP contribution in [0.5, 0.6) is 0 Å². The Kier molecular flexibility index (Phi) is 3.99. The minimum absolute atomic E-state index is 0.0102. The molecule has 0 heterocycles. The van der Waals surface area contributed by atoms with Crippen LogP contribution in [-0.2, 0) is 16.0 Å². The Morgan fingerprint density at radius 2 is 2.13 bits per heavy atom. The molecule has 4 atom stereocenters. The van der Waals surface area contributed by atoms with Gasteiger partial charge in [-0.2, -0.15) is 0 Å². The van der Waals surface area contributed by atoms with Gasteiger partial charge in [-0.1, -0.05) is 38.1 Å². The predicted molar refractivity (Wildman–Crippen MR) is 87.8 cm³/mol. The zero-order valence-electron chi connectivity index (χ0n) is 14.0. The maximum atomic E-state index is 12.8. The van der Waals surface area contributed by atoms with Crippen LogP contribution in [0.3, 0.4) is 0 Å². The largest absolute Gasteiger partial charge is 0.390 e. The molecule has 5 heteroatoms. The quantitative estimate of drug-likeness (QED) is 0.781. The highest BCUT2D eigenvalue weighted by molar-refractivity contribution is 5.89. The van der Waals surface area contributed by atoms with E-state index in [0.717, 1.165) is 11.1 Å². The molecule has 1 aromatic carbocycles. The van der Waals surface area contributed by atoms with Gasteiger partial charge < -0.3 is 20.9 Å². The molecule has 2 aliphatic rings. The predicted octanol–water partition coefficient (Wildman–Crippen LogP) is 1.29. The fourth-order valence-corrected chi connectivity index (χ4v) is 3.84. The van der Waals surface area contributed by atoms with Crippen LogP contribution >= 0.6 is 0 Å². The molecule has 0 saturated heterocycles. The molecular formula is C18H26N2O3. The number of hydrogen-bond acceptors (Lipinski definition) is 4. The Hall–Kier alpha value is -1.43. The summed E-state index contributed by atoms with van der Waals surface area (Å²) >= 11 is 0. The first-order chi connectivity index (χ1) is 10.8. The van der Waals surface area contributed by atoms with E-state index in [-0.39, 0.29) is 18.1 Å². The third-order valence-corrected chi connectivity index (χ3v) is 5.73. The molecule has 0 aromatic heterocycles. The summed E-state index contributed by atoms with van der Waals surface area (Å²) < 4.78 is 5.68. The molecule has 5 nitrogen and oxygen atoms in total. The van der Waals surface area contributed by atoms with Crippen LogP contribution in [0, 0.1) is 5.41 Å². The van der Waals surface area contributed by atoms with E-state index in [2.05, 4.69) is 5.32 Å². The molecule has 23 heavy (non-hydrogen) atoms. The number of benzene rings is 1. The molecule has 126 valence electrons. The fraction of sp³-hybridized carbons (Fsp3) is 0.611. The Balaban J connectivity index is 1.76.